The molecule has 0 atom stereocenters. The van der Waals surface area contributed by atoms with Crippen LogP contribution in [0.2, 0.25) is 0 Å². The molecular weight excluding hydrogens is 324 g/mol. The minimum Gasteiger partial charge on any atom is -0.348 e. The van der Waals surface area contributed by atoms with E-state index >= 15 is 0 Å². The van der Waals surface area contributed by atoms with E-state index in [1.165, 1.54) is 5.56 Å². The second-order valence-electron chi connectivity index (χ2n) is 6.60. The first-order valence-electron chi connectivity index (χ1n) is 8.68. The van der Waals surface area contributed by atoms with E-state index in [-0.39, 0.29) is 5.91 Å². The van der Waals surface area contributed by atoms with Crippen LogP contribution in [0.5, 0.6) is 0 Å². The first-order chi connectivity index (χ1) is 12.6. The molecule has 0 unspecified atom stereocenters. The van der Waals surface area contributed by atoms with Gasteiger partial charge in [0.15, 0.2) is 0 Å². The summed E-state index contributed by atoms with van der Waals surface area (Å²) in [5.74, 6) is -0.107. The second kappa shape index (κ2) is 8.45. The van der Waals surface area contributed by atoms with Gasteiger partial charge in [-0.3, -0.25) is 9.48 Å². The third-order valence-electron chi connectivity index (χ3n) is 4.13. The fourth-order valence-corrected chi connectivity index (χ4v) is 2.84. The molecule has 0 radical (unpaired) electrons. The fraction of sp³-hybridized carbons (Fsp3) is 0.238. The summed E-state index contributed by atoms with van der Waals surface area (Å²) < 4.78 is 1.78. The summed E-state index contributed by atoms with van der Waals surface area (Å²) in [7, 11) is 4.08. The summed E-state index contributed by atoms with van der Waals surface area (Å²) in [5, 5.41) is 7.29. The Hall–Kier alpha value is -2.92. The highest BCUT2D eigenvalue weighted by Gasteiger charge is 2.10. The fourth-order valence-electron chi connectivity index (χ4n) is 2.84. The normalized spacial score (nSPS) is 10.9. The number of carbonyl (C=O) groups is 1. The van der Waals surface area contributed by atoms with Crippen molar-refractivity contribution in [3.05, 3.63) is 89.2 Å². The van der Waals surface area contributed by atoms with Crippen LogP contribution in [0, 0.1) is 0 Å². The number of nitrogens with zero attached hydrogens (tertiary/aromatic N) is 3. The summed E-state index contributed by atoms with van der Waals surface area (Å²) in [6.45, 7) is 2.01. The summed E-state index contributed by atoms with van der Waals surface area (Å²) in [5.41, 5.74) is 4.08. The van der Waals surface area contributed by atoms with E-state index in [4.69, 9.17) is 0 Å². The maximum absolute atomic E-state index is 12.4. The molecule has 5 heteroatoms. The SMILES string of the molecule is CN(C)Cc1ccccc1CNC(=O)c1cnn(Cc2ccccc2)c1. The Morgan fingerprint density at radius 1 is 1.04 bits per heavy atom. The van der Waals surface area contributed by atoms with Gasteiger partial charge < -0.3 is 10.2 Å². The van der Waals surface area contributed by atoms with E-state index in [0.29, 0.717) is 18.7 Å². The van der Waals surface area contributed by atoms with Gasteiger partial charge in [0, 0.05) is 19.3 Å². The van der Waals surface area contributed by atoms with Crippen molar-refractivity contribution >= 4 is 5.91 Å². The molecule has 1 N–H and O–H groups in total. The van der Waals surface area contributed by atoms with Gasteiger partial charge in [0.25, 0.3) is 5.91 Å². The summed E-state index contributed by atoms with van der Waals surface area (Å²) in [6, 6.07) is 18.2. The molecule has 26 heavy (non-hydrogen) atoms. The second-order valence-corrected chi connectivity index (χ2v) is 6.60. The van der Waals surface area contributed by atoms with Crippen molar-refractivity contribution < 1.29 is 4.79 Å². The number of nitrogens with one attached hydrogen (secondary N) is 1. The van der Waals surface area contributed by atoms with Crippen LogP contribution in [0.4, 0.5) is 0 Å². The average Bonchev–Trinajstić information content (AvgIpc) is 3.10. The van der Waals surface area contributed by atoms with Crippen LogP contribution in [0.3, 0.4) is 0 Å². The standard InChI is InChI=1S/C21H24N4O/c1-24(2)15-19-11-7-6-10-18(19)12-22-21(26)20-13-23-25(16-20)14-17-8-4-3-5-9-17/h3-11,13,16H,12,14-15H2,1-2H3,(H,22,26). The van der Waals surface area contributed by atoms with E-state index in [1.54, 1.807) is 17.1 Å². The van der Waals surface area contributed by atoms with Gasteiger partial charge in [-0.2, -0.15) is 5.10 Å². The monoisotopic (exact) mass is 348 g/mol. The number of hydrogen-bond acceptors (Lipinski definition) is 3. The van der Waals surface area contributed by atoms with Gasteiger partial charge in [0.05, 0.1) is 18.3 Å². The predicted octanol–water partition coefficient (Wildman–Crippen LogP) is 2.92. The quantitative estimate of drug-likeness (QED) is 0.714. The van der Waals surface area contributed by atoms with Gasteiger partial charge >= 0.3 is 0 Å². The molecule has 1 heterocycles. The number of benzene rings is 2. The molecule has 0 spiro atoms. The lowest BCUT2D eigenvalue weighted by Crippen LogP contribution is -2.23. The molecule has 0 fully saturated rings. The van der Waals surface area contributed by atoms with E-state index in [1.807, 2.05) is 56.6 Å². The van der Waals surface area contributed by atoms with Crippen molar-refractivity contribution in [3.63, 3.8) is 0 Å². The van der Waals surface area contributed by atoms with E-state index < -0.39 is 0 Å². The molecule has 0 aliphatic carbocycles. The van der Waals surface area contributed by atoms with Gasteiger partial charge in [-0.1, -0.05) is 54.6 Å². The van der Waals surface area contributed by atoms with Crippen molar-refractivity contribution in [3.8, 4) is 0 Å². The van der Waals surface area contributed by atoms with Crippen molar-refractivity contribution in [1.82, 2.24) is 20.0 Å². The molecule has 0 bridgehead atoms. The third kappa shape index (κ3) is 4.80. The minimum absolute atomic E-state index is 0.107. The third-order valence-corrected chi connectivity index (χ3v) is 4.13. The predicted molar refractivity (Wildman–Crippen MR) is 103 cm³/mol. The van der Waals surface area contributed by atoms with Crippen LogP contribution in [0.1, 0.15) is 27.0 Å². The van der Waals surface area contributed by atoms with Crippen LogP contribution >= 0.6 is 0 Å². The Morgan fingerprint density at radius 2 is 1.73 bits per heavy atom. The maximum Gasteiger partial charge on any atom is 0.254 e. The number of carbonyl (C=O) groups excluding carboxylic acids is 1. The Morgan fingerprint density at radius 3 is 2.46 bits per heavy atom. The number of hydrogen-bond donors (Lipinski definition) is 1. The van der Waals surface area contributed by atoms with Crippen LogP contribution in [-0.2, 0) is 19.6 Å². The van der Waals surface area contributed by atoms with E-state index in [9.17, 15) is 4.79 Å². The summed E-state index contributed by atoms with van der Waals surface area (Å²) in [4.78, 5) is 14.6. The molecule has 3 aromatic rings. The average molecular weight is 348 g/mol. The van der Waals surface area contributed by atoms with Crippen LogP contribution in [-0.4, -0.2) is 34.7 Å². The lowest BCUT2D eigenvalue weighted by atomic mass is 10.1. The lowest BCUT2D eigenvalue weighted by molar-refractivity contribution is 0.0950. The van der Waals surface area contributed by atoms with Crippen molar-refractivity contribution in [2.75, 3.05) is 14.1 Å². The van der Waals surface area contributed by atoms with Gasteiger partial charge in [-0.05, 0) is 30.8 Å². The van der Waals surface area contributed by atoms with Crippen LogP contribution in [0.15, 0.2) is 67.0 Å². The largest absolute Gasteiger partial charge is 0.348 e. The zero-order valence-corrected chi connectivity index (χ0v) is 15.2. The first kappa shape index (κ1) is 17.9. The van der Waals surface area contributed by atoms with E-state index in [2.05, 4.69) is 27.4 Å². The number of aromatic nitrogens is 2. The van der Waals surface area contributed by atoms with Crippen molar-refractivity contribution in [1.29, 1.82) is 0 Å². The molecule has 134 valence electrons. The Balaban J connectivity index is 1.61. The Labute approximate surface area is 154 Å². The summed E-state index contributed by atoms with van der Waals surface area (Å²) in [6.07, 6.45) is 3.40. The van der Waals surface area contributed by atoms with Crippen molar-refractivity contribution in [2.45, 2.75) is 19.6 Å². The lowest BCUT2D eigenvalue weighted by Gasteiger charge is -2.14. The molecule has 5 nitrogen and oxygen atoms in total. The molecule has 1 amide bonds. The topological polar surface area (TPSA) is 50.2 Å². The highest BCUT2D eigenvalue weighted by molar-refractivity contribution is 5.93. The zero-order chi connectivity index (χ0) is 18.4. The maximum atomic E-state index is 12.4. The molecule has 2 aromatic carbocycles. The van der Waals surface area contributed by atoms with E-state index in [0.717, 1.165) is 17.7 Å². The summed E-state index contributed by atoms with van der Waals surface area (Å²) >= 11 is 0. The van der Waals surface area contributed by atoms with Crippen LogP contribution < -0.4 is 5.32 Å². The molecular formula is C21H24N4O. The number of amides is 1. The molecule has 1 aromatic heterocycles. The van der Waals surface area contributed by atoms with Crippen LogP contribution in [0.25, 0.3) is 0 Å². The first-order valence-corrected chi connectivity index (χ1v) is 8.68. The Bertz CT molecular complexity index is 855. The van der Waals surface area contributed by atoms with Gasteiger partial charge in [0.2, 0.25) is 0 Å². The van der Waals surface area contributed by atoms with Crippen molar-refractivity contribution in [2.24, 2.45) is 0 Å². The Kier molecular flexibility index (Phi) is 5.81. The molecule has 0 aliphatic rings. The minimum atomic E-state index is -0.107. The van der Waals surface area contributed by atoms with Gasteiger partial charge in [-0.15, -0.1) is 0 Å². The number of rotatable bonds is 7. The smallest absolute Gasteiger partial charge is 0.254 e. The molecule has 3 rings (SSSR count). The highest BCUT2D eigenvalue weighted by atomic mass is 16.1. The molecule has 0 saturated carbocycles. The molecule has 0 saturated heterocycles. The van der Waals surface area contributed by atoms with Gasteiger partial charge in [-0.25, -0.2) is 0 Å². The molecule has 0 aliphatic heterocycles. The zero-order valence-electron chi connectivity index (χ0n) is 15.2. The highest BCUT2D eigenvalue weighted by Crippen LogP contribution is 2.11. The van der Waals surface area contributed by atoms with Gasteiger partial charge in [0.1, 0.15) is 0 Å².